The van der Waals surface area contributed by atoms with E-state index in [4.69, 9.17) is 0 Å². The lowest BCUT2D eigenvalue weighted by Gasteiger charge is -2.18. The minimum atomic E-state index is 0.834. The van der Waals surface area contributed by atoms with Gasteiger partial charge in [0.15, 0.2) is 0 Å². The molecule has 2 N–H and O–H groups in total. The molecule has 16 heavy (non-hydrogen) atoms. The first-order valence-electron chi connectivity index (χ1n) is 5.76. The van der Waals surface area contributed by atoms with Crippen molar-refractivity contribution in [1.82, 2.24) is 14.9 Å². The molecule has 0 saturated heterocycles. The minimum Gasteiger partial charge on any atom is -0.373 e. The average molecular weight is 223 g/mol. The molecule has 1 aromatic heterocycles. The number of hydrogen-bond donors (Lipinski definition) is 2. The normalized spacial score (nSPS) is 10.5. The lowest BCUT2D eigenvalue weighted by atomic mass is 10.4. The fourth-order valence-corrected chi connectivity index (χ4v) is 1.47. The highest BCUT2D eigenvalue weighted by Gasteiger charge is 1.99. The topological polar surface area (TPSA) is 53.1 Å². The summed E-state index contributed by atoms with van der Waals surface area (Å²) in [6.07, 6.45) is 1.56. The number of aromatic nitrogens is 2. The van der Waals surface area contributed by atoms with Crippen LogP contribution in [0.4, 0.5) is 11.6 Å². The molecule has 0 aliphatic heterocycles. The molecular formula is C11H21N5. The summed E-state index contributed by atoms with van der Waals surface area (Å²) in [5.41, 5.74) is 0. The molecule has 0 amide bonds. The van der Waals surface area contributed by atoms with Crippen LogP contribution in [0.5, 0.6) is 0 Å². The molecule has 0 unspecified atom stereocenters. The molecule has 0 saturated carbocycles. The standard InChI is InChI=1S/C11H21N5/c1-4-16(5-2)7-6-13-11-8-10(12-3)14-9-15-11/h8-9H,4-7H2,1-3H3,(H2,12,13,14,15). The third-order valence-corrected chi connectivity index (χ3v) is 2.55. The van der Waals surface area contributed by atoms with Crippen LogP contribution in [-0.2, 0) is 0 Å². The number of likely N-dealkylation sites (N-methyl/N-ethyl adjacent to an activating group) is 1. The average Bonchev–Trinajstić information content (AvgIpc) is 2.35. The van der Waals surface area contributed by atoms with Crippen LogP contribution in [0.25, 0.3) is 0 Å². The first-order chi connectivity index (χ1) is 7.80. The molecule has 0 aromatic carbocycles. The zero-order chi connectivity index (χ0) is 11.8. The van der Waals surface area contributed by atoms with E-state index in [1.807, 2.05) is 13.1 Å². The van der Waals surface area contributed by atoms with Gasteiger partial charge in [0.25, 0.3) is 0 Å². The second-order valence-electron chi connectivity index (χ2n) is 3.49. The van der Waals surface area contributed by atoms with Gasteiger partial charge in [-0.25, -0.2) is 9.97 Å². The van der Waals surface area contributed by atoms with Crippen molar-refractivity contribution in [2.24, 2.45) is 0 Å². The Labute approximate surface area is 97.3 Å². The number of hydrogen-bond acceptors (Lipinski definition) is 5. The predicted molar refractivity (Wildman–Crippen MR) is 67.9 cm³/mol. The Kier molecular flexibility index (Phi) is 5.56. The molecule has 1 heterocycles. The molecule has 5 nitrogen and oxygen atoms in total. The van der Waals surface area contributed by atoms with Gasteiger partial charge in [0.2, 0.25) is 0 Å². The summed E-state index contributed by atoms with van der Waals surface area (Å²) >= 11 is 0. The van der Waals surface area contributed by atoms with E-state index >= 15 is 0 Å². The predicted octanol–water partition coefficient (Wildman–Crippen LogP) is 1.27. The molecule has 0 aliphatic rings. The van der Waals surface area contributed by atoms with Crippen molar-refractivity contribution in [2.75, 3.05) is 43.9 Å². The van der Waals surface area contributed by atoms with Gasteiger partial charge in [0.1, 0.15) is 18.0 Å². The molecule has 90 valence electrons. The molecule has 5 heteroatoms. The van der Waals surface area contributed by atoms with E-state index in [1.54, 1.807) is 6.33 Å². The van der Waals surface area contributed by atoms with Gasteiger partial charge in [0, 0.05) is 26.2 Å². The summed E-state index contributed by atoms with van der Waals surface area (Å²) in [5.74, 6) is 1.70. The molecule has 0 fully saturated rings. The zero-order valence-corrected chi connectivity index (χ0v) is 10.3. The maximum absolute atomic E-state index is 4.16. The van der Waals surface area contributed by atoms with Crippen LogP contribution in [0.15, 0.2) is 12.4 Å². The molecule has 0 spiro atoms. The van der Waals surface area contributed by atoms with Gasteiger partial charge in [0.05, 0.1) is 0 Å². The third-order valence-electron chi connectivity index (χ3n) is 2.55. The highest BCUT2D eigenvalue weighted by atomic mass is 15.1. The summed E-state index contributed by atoms with van der Waals surface area (Å²) in [5, 5.41) is 6.27. The van der Waals surface area contributed by atoms with Gasteiger partial charge in [-0.3, -0.25) is 0 Å². The fraction of sp³-hybridized carbons (Fsp3) is 0.636. The van der Waals surface area contributed by atoms with Crippen molar-refractivity contribution < 1.29 is 0 Å². The van der Waals surface area contributed by atoms with Crippen LogP contribution < -0.4 is 10.6 Å². The molecule has 1 aromatic rings. The second kappa shape index (κ2) is 7.00. The maximum atomic E-state index is 4.16. The summed E-state index contributed by atoms with van der Waals surface area (Å²) < 4.78 is 0. The Morgan fingerprint density at radius 2 is 1.88 bits per heavy atom. The fourth-order valence-electron chi connectivity index (χ4n) is 1.47. The first kappa shape index (κ1) is 12.7. The van der Waals surface area contributed by atoms with Crippen LogP contribution >= 0.6 is 0 Å². The molecular weight excluding hydrogens is 202 g/mol. The van der Waals surface area contributed by atoms with Crippen molar-refractivity contribution in [1.29, 1.82) is 0 Å². The van der Waals surface area contributed by atoms with Crippen molar-refractivity contribution in [3.05, 3.63) is 12.4 Å². The number of rotatable bonds is 7. The molecule has 0 atom stereocenters. The van der Waals surface area contributed by atoms with Crippen molar-refractivity contribution in [2.45, 2.75) is 13.8 Å². The number of nitrogens with one attached hydrogen (secondary N) is 2. The summed E-state index contributed by atoms with van der Waals surface area (Å²) in [6, 6.07) is 1.90. The second-order valence-corrected chi connectivity index (χ2v) is 3.49. The van der Waals surface area contributed by atoms with Crippen LogP contribution in [0.3, 0.4) is 0 Å². The van der Waals surface area contributed by atoms with Gasteiger partial charge in [-0.2, -0.15) is 0 Å². The summed E-state index contributed by atoms with van der Waals surface area (Å²) in [4.78, 5) is 10.6. The van der Waals surface area contributed by atoms with Gasteiger partial charge in [-0.1, -0.05) is 13.8 Å². The van der Waals surface area contributed by atoms with E-state index in [-0.39, 0.29) is 0 Å². The van der Waals surface area contributed by atoms with E-state index in [9.17, 15) is 0 Å². The molecule has 0 radical (unpaired) electrons. The summed E-state index contributed by atoms with van der Waals surface area (Å²) in [6.45, 7) is 8.46. The van der Waals surface area contributed by atoms with Crippen LogP contribution in [0.2, 0.25) is 0 Å². The van der Waals surface area contributed by atoms with Crippen LogP contribution in [0.1, 0.15) is 13.8 Å². The largest absolute Gasteiger partial charge is 0.373 e. The monoisotopic (exact) mass is 223 g/mol. The zero-order valence-electron chi connectivity index (χ0n) is 10.3. The molecule has 0 bridgehead atoms. The smallest absolute Gasteiger partial charge is 0.131 e. The quantitative estimate of drug-likeness (QED) is 0.729. The van der Waals surface area contributed by atoms with E-state index in [2.05, 4.69) is 39.3 Å². The van der Waals surface area contributed by atoms with Crippen LogP contribution in [0, 0.1) is 0 Å². The Hall–Kier alpha value is -1.36. The van der Waals surface area contributed by atoms with Gasteiger partial charge >= 0.3 is 0 Å². The lowest BCUT2D eigenvalue weighted by Crippen LogP contribution is -2.28. The lowest BCUT2D eigenvalue weighted by molar-refractivity contribution is 0.316. The third kappa shape index (κ3) is 4.02. The molecule has 1 rings (SSSR count). The van der Waals surface area contributed by atoms with Gasteiger partial charge in [-0.15, -0.1) is 0 Å². The van der Waals surface area contributed by atoms with Gasteiger partial charge < -0.3 is 15.5 Å². The number of anilines is 2. The SMILES string of the molecule is CCN(CC)CCNc1cc(NC)ncn1. The minimum absolute atomic E-state index is 0.834. The van der Waals surface area contributed by atoms with E-state index in [0.717, 1.165) is 37.8 Å². The van der Waals surface area contributed by atoms with Crippen molar-refractivity contribution in [3.63, 3.8) is 0 Å². The first-order valence-corrected chi connectivity index (χ1v) is 5.76. The Morgan fingerprint density at radius 3 is 2.50 bits per heavy atom. The van der Waals surface area contributed by atoms with E-state index in [0.29, 0.717) is 0 Å². The molecule has 0 aliphatic carbocycles. The highest BCUT2D eigenvalue weighted by molar-refractivity contribution is 5.45. The van der Waals surface area contributed by atoms with Crippen LogP contribution in [-0.4, -0.2) is 48.1 Å². The van der Waals surface area contributed by atoms with Crippen molar-refractivity contribution >= 4 is 11.6 Å². The van der Waals surface area contributed by atoms with Crippen molar-refractivity contribution in [3.8, 4) is 0 Å². The highest BCUT2D eigenvalue weighted by Crippen LogP contribution is 2.06. The maximum Gasteiger partial charge on any atom is 0.131 e. The van der Waals surface area contributed by atoms with E-state index in [1.165, 1.54) is 0 Å². The Bertz CT molecular complexity index is 298. The summed E-state index contributed by atoms with van der Waals surface area (Å²) in [7, 11) is 1.85. The van der Waals surface area contributed by atoms with E-state index < -0.39 is 0 Å². The number of nitrogens with zero attached hydrogens (tertiary/aromatic N) is 3. The Morgan fingerprint density at radius 1 is 1.19 bits per heavy atom. The Balaban J connectivity index is 2.36. The van der Waals surface area contributed by atoms with Gasteiger partial charge in [-0.05, 0) is 13.1 Å².